The van der Waals surface area contributed by atoms with E-state index < -0.39 is 0 Å². The number of rotatable bonds is 1. The van der Waals surface area contributed by atoms with Gasteiger partial charge in [0.05, 0.1) is 6.07 Å². The van der Waals surface area contributed by atoms with Crippen LogP contribution >= 0.6 is 0 Å². The van der Waals surface area contributed by atoms with E-state index in [1.807, 2.05) is 6.07 Å². The van der Waals surface area contributed by atoms with Gasteiger partial charge in [-0.2, -0.15) is 5.26 Å². The zero-order chi connectivity index (χ0) is 4.83. The highest BCUT2D eigenvalue weighted by Gasteiger charge is 1.57. The molecule has 0 aliphatic carbocycles. The fraction of sp³-hybridized carbons (Fsp3) is 0.250. The predicted octanol–water partition coefficient (Wildman–Crippen LogP) is 0.0249. The second-order valence-corrected chi connectivity index (χ2v) is 0.767. The summed E-state index contributed by atoms with van der Waals surface area (Å²) in [7, 11) is 0. The highest BCUT2D eigenvalue weighted by molar-refractivity contribution is 5.01. The fourth-order valence-corrected chi connectivity index (χ4v) is 0.121. The zero-order valence-corrected chi connectivity index (χ0v) is 3.39. The smallest absolute Gasteiger partial charge is 0.0909 e. The molecule has 0 spiro atoms. The summed E-state index contributed by atoms with van der Waals surface area (Å²) in [5.74, 6) is 0. The van der Waals surface area contributed by atoms with E-state index in [0.29, 0.717) is 6.54 Å². The Morgan fingerprint density at radius 2 is 2.50 bits per heavy atom. The zero-order valence-electron chi connectivity index (χ0n) is 3.39. The molecule has 0 bridgehead atoms. The molecule has 32 valence electrons. The molecule has 0 saturated carbocycles. The minimum Gasteiger partial charge on any atom is -0.327 e. The summed E-state index contributed by atoms with van der Waals surface area (Å²) in [6.45, 7) is 0.452. The summed E-state index contributed by atoms with van der Waals surface area (Å²) >= 11 is 0. The molecule has 0 saturated heterocycles. The average molecular weight is 82.1 g/mol. The average Bonchev–Trinajstić information content (AvgIpc) is 1.61. The van der Waals surface area contributed by atoms with E-state index in [4.69, 9.17) is 11.0 Å². The van der Waals surface area contributed by atoms with Gasteiger partial charge in [0, 0.05) is 12.6 Å². The van der Waals surface area contributed by atoms with Crippen molar-refractivity contribution in [3.05, 3.63) is 12.2 Å². The molecule has 0 aromatic heterocycles. The largest absolute Gasteiger partial charge is 0.327 e. The van der Waals surface area contributed by atoms with E-state index in [1.165, 1.54) is 6.08 Å². The molecule has 0 radical (unpaired) electrons. The fourth-order valence-electron chi connectivity index (χ4n) is 0.121. The Morgan fingerprint density at radius 1 is 1.83 bits per heavy atom. The topological polar surface area (TPSA) is 49.8 Å². The lowest BCUT2D eigenvalue weighted by Gasteiger charge is -1.65. The van der Waals surface area contributed by atoms with Gasteiger partial charge in [-0.15, -0.1) is 0 Å². The molecule has 2 N–H and O–H groups in total. The lowest BCUT2D eigenvalue weighted by atomic mass is 10.5. The molecule has 0 atom stereocenters. The van der Waals surface area contributed by atoms with Crippen LogP contribution in [-0.2, 0) is 0 Å². The van der Waals surface area contributed by atoms with Gasteiger partial charge in [-0.25, -0.2) is 0 Å². The first-order chi connectivity index (χ1) is 2.91. The van der Waals surface area contributed by atoms with E-state index in [9.17, 15) is 0 Å². The monoisotopic (exact) mass is 82.1 g/mol. The third-order valence-electron chi connectivity index (χ3n) is 0.328. The Balaban J connectivity index is 3.02. The number of nitrogens with two attached hydrogens (primary N) is 1. The van der Waals surface area contributed by atoms with Crippen molar-refractivity contribution in [1.82, 2.24) is 0 Å². The number of allylic oxidation sites excluding steroid dienone is 1. The van der Waals surface area contributed by atoms with E-state index in [0.717, 1.165) is 0 Å². The van der Waals surface area contributed by atoms with Gasteiger partial charge < -0.3 is 5.73 Å². The molecule has 0 unspecified atom stereocenters. The Labute approximate surface area is 36.9 Å². The van der Waals surface area contributed by atoms with E-state index >= 15 is 0 Å². The normalized spacial score (nSPS) is 8.67. The maximum absolute atomic E-state index is 7.80. The minimum atomic E-state index is 0.452. The van der Waals surface area contributed by atoms with Crippen molar-refractivity contribution >= 4 is 0 Å². The first-order valence-corrected chi connectivity index (χ1v) is 1.66. The van der Waals surface area contributed by atoms with Crippen LogP contribution in [0.15, 0.2) is 12.2 Å². The van der Waals surface area contributed by atoms with Crippen molar-refractivity contribution in [2.75, 3.05) is 6.54 Å². The van der Waals surface area contributed by atoms with E-state index in [1.54, 1.807) is 6.08 Å². The molecule has 0 aliphatic heterocycles. The van der Waals surface area contributed by atoms with Gasteiger partial charge in [0.25, 0.3) is 0 Å². The lowest BCUT2D eigenvalue weighted by Crippen LogP contribution is -1.91. The van der Waals surface area contributed by atoms with Crippen LogP contribution in [0.1, 0.15) is 0 Å². The van der Waals surface area contributed by atoms with E-state index in [2.05, 4.69) is 0 Å². The number of nitriles is 1. The van der Waals surface area contributed by atoms with Gasteiger partial charge in [0.15, 0.2) is 0 Å². The van der Waals surface area contributed by atoms with Crippen LogP contribution in [0.2, 0.25) is 0 Å². The Morgan fingerprint density at radius 3 is 2.67 bits per heavy atom. The third-order valence-corrected chi connectivity index (χ3v) is 0.328. The first-order valence-electron chi connectivity index (χ1n) is 1.66. The van der Waals surface area contributed by atoms with Gasteiger partial charge >= 0.3 is 0 Å². The maximum atomic E-state index is 7.80. The predicted molar refractivity (Wildman–Crippen MR) is 23.8 cm³/mol. The first kappa shape index (κ1) is 5.19. The molecule has 2 heteroatoms. The molecule has 6 heavy (non-hydrogen) atoms. The molecule has 0 heterocycles. The molecular weight excluding hydrogens is 76.1 g/mol. The van der Waals surface area contributed by atoms with Gasteiger partial charge in [0.1, 0.15) is 0 Å². The van der Waals surface area contributed by atoms with Crippen LogP contribution in [0.4, 0.5) is 0 Å². The highest BCUT2D eigenvalue weighted by atomic mass is 14.5. The summed E-state index contributed by atoms with van der Waals surface area (Å²) in [5.41, 5.74) is 4.98. The summed E-state index contributed by atoms with van der Waals surface area (Å²) < 4.78 is 0. The summed E-state index contributed by atoms with van der Waals surface area (Å²) in [6.07, 6.45) is 2.96. The Bertz CT molecular complexity index is 78.0. The van der Waals surface area contributed by atoms with Crippen LogP contribution in [0, 0.1) is 11.3 Å². The molecule has 0 amide bonds. The highest BCUT2D eigenvalue weighted by Crippen LogP contribution is 1.59. The Kier molecular flexibility index (Phi) is 3.62. The summed E-state index contributed by atoms with van der Waals surface area (Å²) in [4.78, 5) is 0. The number of hydrogen-bond donors (Lipinski definition) is 1. The van der Waals surface area contributed by atoms with Crippen molar-refractivity contribution in [2.24, 2.45) is 5.73 Å². The van der Waals surface area contributed by atoms with Gasteiger partial charge in [0.2, 0.25) is 0 Å². The molecule has 0 aromatic rings. The van der Waals surface area contributed by atoms with Crippen molar-refractivity contribution in [3.8, 4) is 6.07 Å². The van der Waals surface area contributed by atoms with Crippen molar-refractivity contribution in [2.45, 2.75) is 0 Å². The molecule has 0 aromatic carbocycles. The maximum Gasteiger partial charge on any atom is 0.0909 e. The Hall–Kier alpha value is -0.810. The molecule has 2 nitrogen and oxygen atoms in total. The molecule has 0 fully saturated rings. The van der Waals surface area contributed by atoms with Crippen LogP contribution in [0.5, 0.6) is 0 Å². The molecule has 0 rings (SSSR count). The third kappa shape index (κ3) is 3.19. The van der Waals surface area contributed by atoms with Crippen LogP contribution in [-0.4, -0.2) is 6.54 Å². The van der Waals surface area contributed by atoms with Crippen molar-refractivity contribution < 1.29 is 0 Å². The number of hydrogen-bond acceptors (Lipinski definition) is 2. The standard InChI is InChI=1S/C4H6N2/c5-3-1-2-4-6/h1-2H,3,5H2/b2-1+. The van der Waals surface area contributed by atoms with Gasteiger partial charge in [-0.05, 0) is 0 Å². The lowest BCUT2D eigenvalue weighted by molar-refractivity contribution is 1.25. The van der Waals surface area contributed by atoms with E-state index in [-0.39, 0.29) is 0 Å². The van der Waals surface area contributed by atoms with Crippen LogP contribution < -0.4 is 5.73 Å². The van der Waals surface area contributed by atoms with Crippen molar-refractivity contribution in [1.29, 1.82) is 5.26 Å². The van der Waals surface area contributed by atoms with Gasteiger partial charge in [-0.1, -0.05) is 6.08 Å². The van der Waals surface area contributed by atoms with Gasteiger partial charge in [-0.3, -0.25) is 0 Å². The van der Waals surface area contributed by atoms with Crippen LogP contribution in [0.25, 0.3) is 0 Å². The summed E-state index contributed by atoms with van der Waals surface area (Å²) in [5, 5.41) is 7.80. The quantitative estimate of drug-likeness (QED) is 0.453. The molecule has 0 aliphatic rings. The van der Waals surface area contributed by atoms with Crippen molar-refractivity contribution in [3.63, 3.8) is 0 Å². The second-order valence-electron chi connectivity index (χ2n) is 0.767. The second kappa shape index (κ2) is 4.19. The summed E-state index contributed by atoms with van der Waals surface area (Å²) in [6, 6.07) is 1.81. The number of nitrogens with zero attached hydrogens (tertiary/aromatic N) is 1. The molecular formula is C4H6N2. The SMILES string of the molecule is N#C/C=C/CN. The van der Waals surface area contributed by atoms with Crippen LogP contribution in [0.3, 0.4) is 0 Å². The minimum absolute atomic E-state index is 0.452.